The van der Waals surface area contributed by atoms with Crippen LogP contribution < -0.4 is 0 Å². The van der Waals surface area contributed by atoms with Gasteiger partial charge in [0.1, 0.15) is 4.60 Å². The molecule has 0 saturated carbocycles. The molecule has 0 aliphatic heterocycles. The topological polar surface area (TPSA) is 33.4 Å². The summed E-state index contributed by atoms with van der Waals surface area (Å²) < 4.78 is 2.96. The van der Waals surface area contributed by atoms with Crippen molar-refractivity contribution >= 4 is 21.7 Å². The van der Waals surface area contributed by atoms with Crippen molar-refractivity contribution in [3.8, 4) is 0 Å². The van der Waals surface area contributed by atoms with Crippen molar-refractivity contribution in [3.05, 3.63) is 28.8 Å². The van der Waals surface area contributed by atoms with Crippen LogP contribution in [0.4, 0.5) is 0 Å². The van der Waals surface area contributed by atoms with Gasteiger partial charge in [-0.1, -0.05) is 13.3 Å². The fraction of sp³-hybridized carbons (Fsp3) is 0.500. The van der Waals surface area contributed by atoms with Crippen molar-refractivity contribution < 1.29 is 0 Å². The lowest BCUT2D eigenvalue weighted by atomic mass is 10.3. The van der Waals surface area contributed by atoms with Gasteiger partial charge >= 0.3 is 0 Å². The molecule has 5 heteroatoms. The zero-order chi connectivity index (χ0) is 12.3. The molecule has 0 aromatic carbocycles. The molecule has 0 radical (unpaired) electrons. The van der Waals surface area contributed by atoms with Gasteiger partial charge in [0.25, 0.3) is 0 Å². The second-order valence-electron chi connectivity index (χ2n) is 4.23. The maximum atomic E-state index is 4.52. The van der Waals surface area contributed by atoms with E-state index in [1.165, 1.54) is 12.8 Å². The van der Waals surface area contributed by atoms with E-state index in [0.717, 1.165) is 29.2 Å². The molecule has 2 heterocycles. The van der Waals surface area contributed by atoms with Crippen molar-refractivity contribution in [2.24, 2.45) is 0 Å². The molecule has 2 aromatic rings. The van der Waals surface area contributed by atoms with Crippen LogP contribution in [0.25, 0.3) is 5.78 Å². The summed E-state index contributed by atoms with van der Waals surface area (Å²) in [6, 6.07) is 1.91. The third kappa shape index (κ3) is 2.84. The first-order valence-electron chi connectivity index (χ1n) is 5.88. The molecule has 0 amide bonds. The summed E-state index contributed by atoms with van der Waals surface area (Å²) in [7, 11) is 2.12. The third-order valence-electron chi connectivity index (χ3n) is 2.72. The molecule has 17 heavy (non-hydrogen) atoms. The highest BCUT2D eigenvalue weighted by Gasteiger charge is 2.11. The Bertz CT molecular complexity index is 494. The average Bonchev–Trinajstić information content (AvgIpc) is 2.64. The van der Waals surface area contributed by atoms with Crippen LogP contribution >= 0.6 is 15.9 Å². The van der Waals surface area contributed by atoms with Crippen molar-refractivity contribution in [1.29, 1.82) is 0 Å². The Morgan fingerprint density at radius 3 is 3.00 bits per heavy atom. The van der Waals surface area contributed by atoms with Gasteiger partial charge in [0.15, 0.2) is 0 Å². The first-order chi connectivity index (χ1) is 8.22. The van der Waals surface area contributed by atoms with Crippen LogP contribution in [-0.2, 0) is 6.54 Å². The van der Waals surface area contributed by atoms with E-state index in [9.17, 15) is 0 Å². The molecule has 0 saturated heterocycles. The molecule has 0 aliphatic carbocycles. The Hall–Kier alpha value is -0.940. The van der Waals surface area contributed by atoms with Crippen molar-refractivity contribution in [2.75, 3.05) is 13.6 Å². The van der Waals surface area contributed by atoms with E-state index in [0.29, 0.717) is 0 Å². The summed E-state index contributed by atoms with van der Waals surface area (Å²) in [5.74, 6) is 0.748. The summed E-state index contributed by atoms with van der Waals surface area (Å²) >= 11 is 3.58. The first kappa shape index (κ1) is 12.5. The SMILES string of the molecule is CCCCN(C)Cc1nc2ncccn2c1Br. The zero-order valence-electron chi connectivity index (χ0n) is 10.2. The van der Waals surface area contributed by atoms with E-state index in [1.807, 2.05) is 16.7 Å². The van der Waals surface area contributed by atoms with Gasteiger partial charge in [-0.2, -0.15) is 0 Å². The Morgan fingerprint density at radius 1 is 1.47 bits per heavy atom. The minimum absolute atomic E-state index is 0.748. The second kappa shape index (κ2) is 5.60. The number of aromatic nitrogens is 3. The van der Waals surface area contributed by atoms with Crippen LogP contribution in [0.15, 0.2) is 23.1 Å². The number of halogens is 1. The second-order valence-corrected chi connectivity index (χ2v) is 4.98. The van der Waals surface area contributed by atoms with Gasteiger partial charge in [0, 0.05) is 18.9 Å². The molecule has 0 atom stereocenters. The molecule has 0 aliphatic rings. The Balaban J connectivity index is 2.16. The van der Waals surface area contributed by atoms with Gasteiger partial charge in [0.2, 0.25) is 5.78 Å². The van der Waals surface area contributed by atoms with Gasteiger partial charge < -0.3 is 4.90 Å². The minimum atomic E-state index is 0.748. The molecule has 2 aromatic heterocycles. The molecule has 2 rings (SSSR count). The molecule has 0 unspecified atom stereocenters. The Labute approximate surface area is 110 Å². The van der Waals surface area contributed by atoms with E-state index in [1.54, 1.807) is 6.20 Å². The van der Waals surface area contributed by atoms with Crippen LogP contribution in [0.3, 0.4) is 0 Å². The molecule has 0 N–H and O–H groups in total. The molecule has 0 bridgehead atoms. The van der Waals surface area contributed by atoms with Gasteiger partial charge in [-0.05, 0) is 42.0 Å². The highest BCUT2D eigenvalue weighted by molar-refractivity contribution is 9.10. The normalized spacial score (nSPS) is 11.5. The van der Waals surface area contributed by atoms with Crippen molar-refractivity contribution in [3.63, 3.8) is 0 Å². The molecule has 0 fully saturated rings. The molecule has 4 nitrogen and oxygen atoms in total. The Kier molecular flexibility index (Phi) is 4.12. The Morgan fingerprint density at radius 2 is 2.29 bits per heavy atom. The van der Waals surface area contributed by atoms with E-state index < -0.39 is 0 Å². The molecule has 92 valence electrons. The standard InChI is InChI=1S/C12H17BrN4/c1-3-4-7-16(2)9-10-11(13)17-8-5-6-14-12(17)15-10/h5-6,8H,3-4,7,9H2,1-2H3. The smallest absolute Gasteiger partial charge is 0.234 e. The number of hydrogen-bond donors (Lipinski definition) is 0. The highest BCUT2D eigenvalue weighted by atomic mass is 79.9. The van der Waals surface area contributed by atoms with Gasteiger partial charge in [-0.15, -0.1) is 0 Å². The van der Waals surface area contributed by atoms with Gasteiger partial charge in [0.05, 0.1) is 5.69 Å². The number of fused-ring (bicyclic) bond motifs is 1. The number of nitrogens with zero attached hydrogens (tertiary/aromatic N) is 4. The maximum absolute atomic E-state index is 4.52. The van der Waals surface area contributed by atoms with E-state index >= 15 is 0 Å². The van der Waals surface area contributed by atoms with E-state index in [4.69, 9.17) is 0 Å². The average molecular weight is 297 g/mol. The van der Waals surface area contributed by atoms with Gasteiger partial charge in [-0.3, -0.25) is 4.40 Å². The predicted octanol–water partition coefficient (Wildman–Crippen LogP) is 2.72. The van der Waals surface area contributed by atoms with Crippen LogP contribution in [0.5, 0.6) is 0 Å². The molecular formula is C12H17BrN4. The summed E-state index contributed by atoms with van der Waals surface area (Å²) in [5, 5.41) is 0. The lowest BCUT2D eigenvalue weighted by molar-refractivity contribution is 0.317. The summed E-state index contributed by atoms with van der Waals surface area (Å²) in [6.45, 7) is 4.16. The fourth-order valence-electron chi connectivity index (χ4n) is 1.77. The van der Waals surface area contributed by atoms with Crippen molar-refractivity contribution in [2.45, 2.75) is 26.3 Å². The zero-order valence-corrected chi connectivity index (χ0v) is 11.8. The van der Waals surface area contributed by atoms with E-state index in [-0.39, 0.29) is 0 Å². The predicted molar refractivity (Wildman–Crippen MR) is 71.9 cm³/mol. The monoisotopic (exact) mass is 296 g/mol. The van der Waals surface area contributed by atoms with Crippen LogP contribution in [0.1, 0.15) is 25.5 Å². The van der Waals surface area contributed by atoms with Crippen LogP contribution in [0.2, 0.25) is 0 Å². The number of hydrogen-bond acceptors (Lipinski definition) is 3. The molecule has 0 spiro atoms. The molecular weight excluding hydrogens is 280 g/mol. The number of imidazole rings is 1. The highest BCUT2D eigenvalue weighted by Crippen LogP contribution is 2.18. The van der Waals surface area contributed by atoms with Crippen molar-refractivity contribution in [1.82, 2.24) is 19.3 Å². The lowest BCUT2D eigenvalue weighted by Gasteiger charge is -2.14. The largest absolute Gasteiger partial charge is 0.300 e. The summed E-state index contributed by atoms with van der Waals surface area (Å²) in [6.07, 6.45) is 6.17. The fourth-order valence-corrected chi connectivity index (χ4v) is 2.26. The summed E-state index contributed by atoms with van der Waals surface area (Å²) in [4.78, 5) is 11.0. The van der Waals surface area contributed by atoms with E-state index in [2.05, 4.69) is 44.8 Å². The minimum Gasteiger partial charge on any atom is -0.300 e. The number of rotatable bonds is 5. The lowest BCUT2D eigenvalue weighted by Crippen LogP contribution is -2.19. The number of unbranched alkanes of at least 4 members (excludes halogenated alkanes) is 1. The van der Waals surface area contributed by atoms with Gasteiger partial charge in [-0.25, -0.2) is 9.97 Å². The summed E-state index contributed by atoms with van der Waals surface area (Å²) in [5.41, 5.74) is 1.04. The maximum Gasteiger partial charge on any atom is 0.234 e. The quantitative estimate of drug-likeness (QED) is 0.851. The third-order valence-corrected chi connectivity index (χ3v) is 3.56. The first-order valence-corrected chi connectivity index (χ1v) is 6.67. The van der Waals surface area contributed by atoms with Crippen LogP contribution in [-0.4, -0.2) is 32.9 Å². The van der Waals surface area contributed by atoms with Crippen LogP contribution in [0, 0.1) is 0 Å².